The van der Waals surface area contributed by atoms with Crippen LogP contribution in [0.5, 0.6) is 0 Å². The molecule has 0 aliphatic heterocycles. The molecule has 0 saturated carbocycles. The fourth-order valence-electron chi connectivity index (χ4n) is 9.44. The lowest BCUT2D eigenvalue weighted by atomic mass is 9.82. The summed E-state index contributed by atoms with van der Waals surface area (Å²) >= 11 is 0. The van der Waals surface area contributed by atoms with Crippen molar-refractivity contribution in [1.82, 2.24) is 4.57 Å². The summed E-state index contributed by atoms with van der Waals surface area (Å²) in [5, 5.41) is 5.00. The summed E-state index contributed by atoms with van der Waals surface area (Å²) in [7, 11) is 0. The van der Waals surface area contributed by atoms with E-state index >= 15 is 0 Å². The molecule has 0 N–H and O–H groups in total. The fourth-order valence-corrected chi connectivity index (χ4v) is 9.44. The number of para-hydroxylation sites is 2. The molecule has 0 amide bonds. The second kappa shape index (κ2) is 13.0. The number of rotatable bonds is 6. The molecule has 57 heavy (non-hydrogen) atoms. The molecule has 0 radical (unpaired) electrons. The van der Waals surface area contributed by atoms with Crippen LogP contribution in [-0.2, 0) is 5.41 Å². The Balaban J connectivity index is 1.08. The number of benzene rings is 9. The maximum absolute atomic E-state index is 2.46. The lowest BCUT2D eigenvalue weighted by Gasteiger charge is -2.30. The Hall–Kier alpha value is -7.16. The van der Waals surface area contributed by atoms with E-state index in [4.69, 9.17) is 0 Å². The maximum Gasteiger partial charge on any atom is 0.0546 e. The zero-order valence-electron chi connectivity index (χ0n) is 32.0. The number of aromatic nitrogens is 1. The number of anilines is 3. The highest BCUT2D eigenvalue weighted by molar-refractivity contribution is 6.09. The first-order valence-corrected chi connectivity index (χ1v) is 19.9. The van der Waals surface area contributed by atoms with Gasteiger partial charge in [-0.3, -0.25) is 0 Å². The molecular weight excluding hydrogens is 689 g/mol. The van der Waals surface area contributed by atoms with Crippen LogP contribution >= 0.6 is 0 Å². The average Bonchev–Trinajstić information content (AvgIpc) is 3.72. The average molecular weight is 729 g/mol. The van der Waals surface area contributed by atoms with Gasteiger partial charge in [0.2, 0.25) is 0 Å². The predicted molar refractivity (Wildman–Crippen MR) is 241 cm³/mol. The minimum atomic E-state index is -0.121. The molecule has 0 unspecified atom stereocenters. The van der Waals surface area contributed by atoms with Crippen molar-refractivity contribution >= 4 is 49.6 Å². The Labute approximate surface area is 333 Å². The highest BCUT2D eigenvalue weighted by Crippen LogP contribution is 2.52. The van der Waals surface area contributed by atoms with E-state index in [2.05, 4.69) is 230 Å². The fraction of sp³-hybridized carbons (Fsp3) is 0.0545. The van der Waals surface area contributed by atoms with Crippen molar-refractivity contribution in [2.75, 3.05) is 4.90 Å². The standard InChI is InChI=1S/C55H40N2/c1-55(2)49-24-11-8-21-45(49)46-33-32-43(36-50(46)55)56(53-34-29-38-15-6-7-20-44(38)54(53)39-16-4-3-5-17-39)41-30-27-37(28-31-41)40-18-14-19-42(35-40)57-51-25-12-9-22-47(51)48-23-10-13-26-52(48)57/h3-36H,1-2H3. The molecule has 0 atom stereocenters. The van der Waals surface area contributed by atoms with Crippen molar-refractivity contribution in [3.05, 3.63) is 217 Å². The molecule has 11 rings (SSSR count). The number of nitrogens with zero attached hydrogens (tertiary/aromatic N) is 2. The van der Waals surface area contributed by atoms with E-state index < -0.39 is 0 Å². The van der Waals surface area contributed by atoms with Crippen LogP contribution in [0.3, 0.4) is 0 Å². The molecule has 0 spiro atoms. The van der Waals surface area contributed by atoms with Gasteiger partial charge in [-0.15, -0.1) is 0 Å². The Morgan fingerprint density at radius 3 is 1.79 bits per heavy atom. The van der Waals surface area contributed by atoms with Crippen LogP contribution in [0.1, 0.15) is 25.0 Å². The zero-order chi connectivity index (χ0) is 38.1. The summed E-state index contributed by atoms with van der Waals surface area (Å²) in [5.74, 6) is 0. The highest BCUT2D eigenvalue weighted by Gasteiger charge is 2.36. The van der Waals surface area contributed by atoms with Crippen LogP contribution in [0.4, 0.5) is 17.1 Å². The maximum atomic E-state index is 2.46. The molecule has 10 aromatic rings. The molecule has 270 valence electrons. The minimum absolute atomic E-state index is 0.121. The lowest BCUT2D eigenvalue weighted by molar-refractivity contribution is 0.660. The molecule has 0 fully saturated rings. The Morgan fingerprint density at radius 1 is 0.404 bits per heavy atom. The Bertz CT molecular complexity index is 3100. The molecule has 0 saturated heterocycles. The second-order valence-electron chi connectivity index (χ2n) is 15.7. The van der Waals surface area contributed by atoms with Gasteiger partial charge in [-0.25, -0.2) is 0 Å². The van der Waals surface area contributed by atoms with Gasteiger partial charge in [-0.2, -0.15) is 0 Å². The van der Waals surface area contributed by atoms with E-state index in [1.165, 1.54) is 77.1 Å². The number of hydrogen-bond acceptors (Lipinski definition) is 1. The van der Waals surface area contributed by atoms with Gasteiger partial charge in [-0.1, -0.05) is 166 Å². The van der Waals surface area contributed by atoms with Gasteiger partial charge >= 0.3 is 0 Å². The van der Waals surface area contributed by atoms with Crippen LogP contribution in [0, 0.1) is 0 Å². The van der Waals surface area contributed by atoms with Gasteiger partial charge in [0.05, 0.1) is 16.7 Å². The monoisotopic (exact) mass is 728 g/mol. The van der Waals surface area contributed by atoms with Crippen molar-refractivity contribution in [2.45, 2.75) is 19.3 Å². The summed E-state index contributed by atoms with van der Waals surface area (Å²) in [6.07, 6.45) is 0. The minimum Gasteiger partial charge on any atom is -0.310 e. The van der Waals surface area contributed by atoms with E-state index in [9.17, 15) is 0 Å². The molecule has 1 aliphatic rings. The Morgan fingerprint density at radius 2 is 1.02 bits per heavy atom. The normalized spacial score (nSPS) is 12.9. The summed E-state index contributed by atoms with van der Waals surface area (Å²) in [4.78, 5) is 2.46. The van der Waals surface area contributed by atoms with Crippen LogP contribution in [-0.4, -0.2) is 4.57 Å². The number of hydrogen-bond donors (Lipinski definition) is 0. The van der Waals surface area contributed by atoms with E-state index in [1.807, 2.05) is 0 Å². The van der Waals surface area contributed by atoms with E-state index in [0.29, 0.717) is 0 Å². The highest BCUT2D eigenvalue weighted by atomic mass is 15.1. The predicted octanol–water partition coefficient (Wildman–Crippen LogP) is 15.0. The van der Waals surface area contributed by atoms with Crippen LogP contribution in [0.15, 0.2) is 206 Å². The third-order valence-corrected chi connectivity index (χ3v) is 12.2. The third kappa shape index (κ3) is 5.25. The van der Waals surface area contributed by atoms with Gasteiger partial charge in [0.15, 0.2) is 0 Å². The Kier molecular flexibility index (Phi) is 7.55. The van der Waals surface area contributed by atoms with E-state index in [-0.39, 0.29) is 5.41 Å². The number of fused-ring (bicyclic) bond motifs is 7. The second-order valence-corrected chi connectivity index (χ2v) is 15.7. The molecular formula is C55H40N2. The first-order chi connectivity index (χ1) is 28.0. The summed E-state index contributed by atoms with van der Waals surface area (Å²) in [6.45, 7) is 4.72. The smallest absolute Gasteiger partial charge is 0.0546 e. The topological polar surface area (TPSA) is 8.17 Å². The zero-order valence-corrected chi connectivity index (χ0v) is 32.0. The molecule has 1 aliphatic carbocycles. The van der Waals surface area contributed by atoms with Crippen LogP contribution in [0.25, 0.3) is 71.6 Å². The molecule has 1 heterocycles. The van der Waals surface area contributed by atoms with Crippen molar-refractivity contribution < 1.29 is 0 Å². The van der Waals surface area contributed by atoms with Crippen molar-refractivity contribution in [2.24, 2.45) is 0 Å². The third-order valence-electron chi connectivity index (χ3n) is 12.2. The van der Waals surface area contributed by atoms with E-state index in [1.54, 1.807) is 0 Å². The van der Waals surface area contributed by atoms with Gasteiger partial charge in [0.1, 0.15) is 0 Å². The molecule has 1 aromatic heterocycles. The molecule has 9 aromatic carbocycles. The summed E-state index contributed by atoms with van der Waals surface area (Å²) in [6, 6.07) is 75.7. The lowest BCUT2D eigenvalue weighted by Crippen LogP contribution is -2.17. The first kappa shape index (κ1) is 33.2. The van der Waals surface area contributed by atoms with Gasteiger partial charge in [0.25, 0.3) is 0 Å². The molecule has 0 bridgehead atoms. The first-order valence-electron chi connectivity index (χ1n) is 19.9. The van der Waals surface area contributed by atoms with Crippen molar-refractivity contribution in [3.8, 4) is 39.1 Å². The van der Waals surface area contributed by atoms with Crippen LogP contribution < -0.4 is 4.90 Å². The van der Waals surface area contributed by atoms with Crippen molar-refractivity contribution in [1.29, 1.82) is 0 Å². The van der Waals surface area contributed by atoms with Gasteiger partial charge in [0, 0.05) is 38.8 Å². The van der Waals surface area contributed by atoms with Gasteiger partial charge in [-0.05, 0) is 104 Å². The summed E-state index contributed by atoms with van der Waals surface area (Å²) < 4.78 is 2.39. The quantitative estimate of drug-likeness (QED) is 0.165. The van der Waals surface area contributed by atoms with Crippen molar-refractivity contribution in [3.63, 3.8) is 0 Å². The molecule has 2 nitrogen and oxygen atoms in total. The summed E-state index contributed by atoms with van der Waals surface area (Å²) in [5.41, 5.74) is 17.0. The largest absolute Gasteiger partial charge is 0.310 e. The van der Waals surface area contributed by atoms with Gasteiger partial charge < -0.3 is 9.47 Å². The SMILES string of the molecule is CC1(C)c2ccccc2-c2ccc(N(c3ccc(-c4cccc(-n5c6ccccc6c6ccccc65)c4)cc3)c3ccc4ccccc4c3-c3ccccc3)cc21. The molecule has 2 heteroatoms. The van der Waals surface area contributed by atoms with E-state index in [0.717, 1.165) is 22.7 Å². The van der Waals surface area contributed by atoms with Crippen LogP contribution in [0.2, 0.25) is 0 Å².